The highest BCUT2D eigenvalue weighted by atomic mass is 35.5. The number of hydrogen-bond donors (Lipinski definition) is 0. The highest BCUT2D eigenvalue weighted by Crippen LogP contribution is 2.11. The molecule has 0 unspecified atom stereocenters. The third-order valence-electron chi connectivity index (χ3n) is 3.81. The average molecular weight is 324 g/mol. The van der Waals surface area contributed by atoms with Crippen LogP contribution in [0.25, 0.3) is 0 Å². The number of nitrogens with zero attached hydrogens (tertiary/aromatic N) is 1. The number of halogens is 2. The Morgan fingerprint density at radius 1 is 0.800 bits per heavy atom. The summed E-state index contributed by atoms with van der Waals surface area (Å²) in [4.78, 5) is 0. The zero-order valence-electron chi connectivity index (χ0n) is 13.8. The second-order valence-electron chi connectivity index (χ2n) is 6.39. The fraction of sp³-hybridized carbons (Fsp3) is 0.882. The lowest BCUT2D eigenvalue weighted by molar-refractivity contribution is -0.884. The maximum Gasteiger partial charge on any atom is 0.0981 e. The van der Waals surface area contributed by atoms with Crippen LogP contribution in [0.5, 0.6) is 0 Å². The Kier molecular flexibility index (Phi) is 17.7. The van der Waals surface area contributed by atoms with E-state index in [2.05, 4.69) is 27.1 Å². The van der Waals surface area contributed by atoms with Gasteiger partial charge in [-0.1, -0.05) is 69.9 Å². The quantitative estimate of drug-likeness (QED) is 0.361. The molecule has 0 fully saturated rings. The van der Waals surface area contributed by atoms with Crippen LogP contribution in [0.1, 0.15) is 71.1 Å². The van der Waals surface area contributed by atoms with Crippen LogP contribution in [-0.4, -0.2) is 31.7 Å². The summed E-state index contributed by atoms with van der Waals surface area (Å²) in [5.41, 5.74) is 1.64. The Hall–Kier alpha value is 0.280. The van der Waals surface area contributed by atoms with Crippen molar-refractivity contribution < 1.29 is 16.9 Å². The minimum absolute atomic E-state index is 0. The fourth-order valence-electron chi connectivity index (χ4n) is 2.44. The van der Waals surface area contributed by atoms with E-state index in [-0.39, 0.29) is 12.4 Å². The van der Waals surface area contributed by atoms with E-state index < -0.39 is 0 Å². The van der Waals surface area contributed by atoms with Crippen molar-refractivity contribution in [3.05, 3.63) is 11.6 Å². The van der Waals surface area contributed by atoms with Crippen LogP contribution in [0.15, 0.2) is 11.6 Å². The summed E-state index contributed by atoms with van der Waals surface area (Å²) < 4.78 is 1.06. The van der Waals surface area contributed by atoms with Crippen molar-refractivity contribution in [1.82, 2.24) is 0 Å². The molecule has 0 N–H and O–H groups in total. The molecule has 122 valence electrons. The molecule has 0 aromatic rings. The van der Waals surface area contributed by atoms with Gasteiger partial charge in [0.25, 0.3) is 0 Å². The highest BCUT2D eigenvalue weighted by molar-refractivity contribution is 6.25. The maximum absolute atomic E-state index is 5.58. The molecule has 0 aliphatic rings. The Morgan fingerprint density at radius 2 is 1.25 bits per heavy atom. The number of rotatable bonds is 13. The Morgan fingerprint density at radius 3 is 1.70 bits per heavy atom. The van der Waals surface area contributed by atoms with Gasteiger partial charge in [-0.15, -0.1) is 0 Å². The molecule has 0 aromatic carbocycles. The van der Waals surface area contributed by atoms with E-state index in [0.717, 1.165) is 11.0 Å². The van der Waals surface area contributed by atoms with Crippen molar-refractivity contribution in [2.24, 2.45) is 0 Å². The van der Waals surface area contributed by atoms with Crippen molar-refractivity contribution in [3.8, 4) is 0 Å². The van der Waals surface area contributed by atoms with E-state index in [1.165, 1.54) is 70.8 Å². The number of hydrogen-bond acceptors (Lipinski definition) is 0. The van der Waals surface area contributed by atoms with Crippen molar-refractivity contribution >= 4 is 11.6 Å². The first-order chi connectivity index (χ1) is 9.12. The number of likely N-dealkylation sites (N-methyl/N-ethyl adjacent to an activating group) is 1. The Balaban J connectivity index is 0. The lowest BCUT2D eigenvalue weighted by Crippen LogP contribution is -3.00. The Bertz CT molecular complexity index is 215. The average Bonchev–Trinajstić information content (AvgIpc) is 2.38. The Labute approximate surface area is 138 Å². The fourth-order valence-corrected chi connectivity index (χ4v) is 2.52. The minimum atomic E-state index is 0. The third-order valence-corrected chi connectivity index (χ3v) is 3.98. The first kappa shape index (κ1) is 22.6. The van der Waals surface area contributed by atoms with Crippen LogP contribution >= 0.6 is 11.6 Å². The largest absolute Gasteiger partial charge is 1.00 e. The molecule has 0 bridgehead atoms. The van der Waals surface area contributed by atoms with Crippen molar-refractivity contribution in [1.29, 1.82) is 0 Å². The molecule has 0 aromatic heterocycles. The molecule has 0 aliphatic heterocycles. The highest BCUT2D eigenvalue weighted by Gasteiger charge is 2.11. The number of quaternary nitrogens is 1. The lowest BCUT2D eigenvalue weighted by atomic mass is 10.1. The third kappa shape index (κ3) is 16.3. The van der Waals surface area contributed by atoms with E-state index in [0.29, 0.717) is 0 Å². The predicted octanol–water partition coefficient (Wildman–Crippen LogP) is 2.74. The van der Waals surface area contributed by atoms with E-state index in [9.17, 15) is 0 Å². The smallest absolute Gasteiger partial charge is 0.0981 e. The van der Waals surface area contributed by atoms with Crippen LogP contribution < -0.4 is 12.4 Å². The zero-order valence-corrected chi connectivity index (χ0v) is 15.4. The second kappa shape index (κ2) is 15.7. The summed E-state index contributed by atoms with van der Waals surface area (Å²) in [5, 5.41) is 0. The summed E-state index contributed by atoms with van der Waals surface area (Å²) in [6, 6.07) is 0. The molecule has 0 saturated carbocycles. The van der Waals surface area contributed by atoms with Gasteiger partial charge >= 0.3 is 0 Å². The van der Waals surface area contributed by atoms with Gasteiger partial charge in [0, 0.05) is 5.54 Å². The molecule has 0 rings (SSSR count). The number of unbranched alkanes of at least 4 members (excludes halogenated alkanes) is 9. The van der Waals surface area contributed by atoms with Crippen LogP contribution in [0, 0.1) is 0 Å². The summed E-state index contributed by atoms with van der Waals surface area (Å²) >= 11 is 5.58. The van der Waals surface area contributed by atoms with Gasteiger partial charge < -0.3 is 16.9 Å². The van der Waals surface area contributed by atoms with Gasteiger partial charge in [0.15, 0.2) is 0 Å². The first-order valence-corrected chi connectivity index (χ1v) is 8.63. The molecular formula is C17H35Cl2N. The second-order valence-corrected chi connectivity index (χ2v) is 6.64. The van der Waals surface area contributed by atoms with Crippen molar-refractivity contribution in [2.45, 2.75) is 71.1 Å². The summed E-state index contributed by atoms with van der Waals surface area (Å²) in [6.07, 6.45) is 16.2. The van der Waals surface area contributed by atoms with E-state index in [1.807, 2.05) is 0 Å². The van der Waals surface area contributed by atoms with Crippen LogP contribution in [0.4, 0.5) is 0 Å². The molecule has 0 spiro atoms. The van der Waals surface area contributed by atoms with Gasteiger partial charge in [-0.05, 0) is 18.9 Å². The van der Waals surface area contributed by atoms with Gasteiger partial charge in [-0.3, -0.25) is 0 Å². The van der Waals surface area contributed by atoms with E-state index in [1.54, 1.807) is 5.54 Å². The van der Waals surface area contributed by atoms with E-state index in [4.69, 9.17) is 11.6 Å². The summed E-state index contributed by atoms with van der Waals surface area (Å²) in [7, 11) is 4.56. The van der Waals surface area contributed by atoms with Gasteiger partial charge in [0.05, 0.1) is 27.2 Å². The normalized spacial score (nSPS) is 11.8. The van der Waals surface area contributed by atoms with Gasteiger partial charge in [0.2, 0.25) is 0 Å². The monoisotopic (exact) mass is 323 g/mol. The van der Waals surface area contributed by atoms with Crippen LogP contribution in [0.3, 0.4) is 0 Å². The molecule has 0 atom stereocenters. The summed E-state index contributed by atoms with van der Waals surface area (Å²) in [6.45, 7) is 4.58. The maximum atomic E-state index is 5.58. The van der Waals surface area contributed by atoms with Gasteiger partial charge in [-0.25, -0.2) is 0 Å². The molecular weight excluding hydrogens is 289 g/mol. The molecule has 0 saturated heterocycles. The topological polar surface area (TPSA) is 0 Å². The van der Waals surface area contributed by atoms with Gasteiger partial charge in [0.1, 0.15) is 0 Å². The molecule has 20 heavy (non-hydrogen) atoms. The first-order valence-electron chi connectivity index (χ1n) is 8.19. The van der Waals surface area contributed by atoms with Crippen molar-refractivity contribution in [2.75, 3.05) is 27.2 Å². The minimum Gasteiger partial charge on any atom is -1.00 e. The summed E-state index contributed by atoms with van der Waals surface area (Å²) in [5.74, 6) is 0. The van der Waals surface area contributed by atoms with E-state index >= 15 is 0 Å². The zero-order chi connectivity index (χ0) is 14.4. The SMILES string of the molecule is CCCCCCCCCCCC[N+](C)(C)CC=CCl.[Cl-]. The molecule has 3 heteroatoms. The predicted molar refractivity (Wildman–Crippen MR) is 88.7 cm³/mol. The van der Waals surface area contributed by atoms with Crippen molar-refractivity contribution in [3.63, 3.8) is 0 Å². The van der Waals surface area contributed by atoms with Crippen LogP contribution in [-0.2, 0) is 0 Å². The molecule has 0 heterocycles. The standard InChI is InChI=1S/C17H35ClN.ClH/c1-4-5-6-7-8-9-10-11-12-13-16-19(2,3)17-14-15-18;/h14-15H,4-13,16-17H2,1-3H3;1H/q+1;/p-1. The lowest BCUT2D eigenvalue weighted by Gasteiger charge is -2.28. The molecule has 1 nitrogen and oxygen atoms in total. The molecule has 0 radical (unpaired) electrons. The molecule has 0 aliphatic carbocycles. The van der Waals surface area contributed by atoms with Gasteiger partial charge in [-0.2, -0.15) is 0 Å². The molecule has 0 amide bonds. The van der Waals surface area contributed by atoms with Crippen LogP contribution in [0.2, 0.25) is 0 Å².